The van der Waals surface area contributed by atoms with Crippen LogP contribution < -0.4 is 10.6 Å². The number of amides is 1. The van der Waals surface area contributed by atoms with E-state index in [9.17, 15) is 4.79 Å². The summed E-state index contributed by atoms with van der Waals surface area (Å²) in [4.78, 5) is 11.6. The van der Waals surface area contributed by atoms with Gasteiger partial charge in [0.05, 0.1) is 12.5 Å². The van der Waals surface area contributed by atoms with E-state index in [2.05, 4.69) is 10.6 Å². The van der Waals surface area contributed by atoms with E-state index >= 15 is 0 Å². The number of carbonyl (C=O) groups is 1. The second kappa shape index (κ2) is 5.40. The monoisotopic (exact) mass is 244 g/mol. The second-order valence-corrected chi connectivity index (χ2v) is 4.09. The molecule has 0 radical (unpaired) electrons. The number of benzene rings is 1. The SMILES string of the molecule is CNC(=O)c1ccc(C)c(NCc2ccoc2)c1. The Morgan fingerprint density at radius 1 is 1.33 bits per heavy atom. The average molecular weight is 244 g/mol. The highest BCUT2D eigenvalue weighted by Crippen LogP contribution is 2.18. The van der Waals surface area contributed by atoms with E-state index in [0.717, 1.165) is 16.8 Å². The summed E-state index contributed by atoms with van der Waals surface area (Å²) in [5.41, 5.74) is 3.78. The number of anilines is 1. The van der Waals surface area contributed by atoms with Crippen LogP contribution in [0.1, 0.15) is 21.5 Å². The molecule has 0 fully saturated rings. The standard InChI is InChI=1S/C14H16N2O2/c1-10-3-4-12(14(17)15-2)7-13(10)16-8-11-5-6-18-9-11/h3-7,9,16H,8H2,1-2H3,(H,15,17). The average Bonchev–Trinajstić information content (AvgIpc) is 2.90. The third-order valence-corrected chi connectivity index (χ3v) is 2.79. The van der Waals surface area contributed by atoms with Gasteiger partial charge in [-0.1, -0.05) is 6.07 Å². The lowest BCUT2D eigenvalue weighted by Crippen LogP contribution is -2.18. The molecule has 4 heteroatoms. The number of hydrogen-bond donors (Lipinski definition) is 2. The lowest BCUT2D eigenvalue weighted by molar-refractivity contribution is 0.0963. The lowest BCUT2D eigenvalue weighted by atomic mass is 10.1. The number of carbonyl (C=O) groups excluding carboxylic acids is 1. The van der Waals surface area contributed by atoms with E-state index in [1.165, 1.54) is 0 Å². The van der Waals surface area contributed by atoms with Crippen LogP contribution in [0.15, 0.2) is 41.2 Å². The summed E-state index contributed by atoms with van der Waals surface area (Å²) in [5.74, 6) is -0.0821. The Labute approximate surface area is 106 Å². The molecule has 0 aliphatic heterocycles. The molecule has 0 spiro atoms. The molecule has 94 valence electrons. The van der Waals surface area contributed by atoms with Crippen molar-refractivity contribution in [2.24, 2.45) is 0 Å². The Morgan fingerprint density at radius 3 is 2.83 bits per heavy atom. The van der Waals surface area contributed by atoms with Gasteiger partial charge in [0.2, 0.25) is 0 Å². The third kappa shape index (κ3) is 2.71. The minimum atomic E-state index is -0.0821. The van der Waals surface area contributed by atoms with Crippen LogP contribution in [0.2, 0.25) is 0 Å². The van der Waals surface area contributed by atoms with E-state index in [0.29, 0.717) is 12.1 Å². The maximum absolute atomic E-state index is 11.6. The number of rotatable bonds is 4. The van der Waals surface area contributed by atoms with Crippen LogP contribution in [0.5, 0.6) is 0 Å². The molecule has 0 unspecified atom stereocenters. The summed E-state index contributed by atoms with van der Waals surface area (Å²) in [6.45, 7) is 2.68. The molecule has 1 heterocycles. The van der Waals surface area contributed by atoms with Gasteiger partial charge in [0.15, 0.2) is 0 Å². The molecule has 0 aliphatic rings. The zero-order valence-electron chi connectivity index (χ0n) is 10.5. The topological polar surface area (TPSA) is 54.3 Å². The van der Waals surface area contributed by atoms with E-state index < -0.39 is 0 Å². The molecule has 1 amide bonds. The third-order valence-electron chi connectivity index (χ3n) is 2.79. The minimum Gasteiger partial charge on any atom is -0.472 e. The van der Waals surface area contributed by atoms with Crippen molar-refractivity contribution in [3.8, 4) is 0 Å². The Bertz CT molecular complexity index is 533. The molecule has 0 atom stereocenters. The molecule has 0 bridgehead atoms. The molecule has 0 saturated carbocycles. The highest BCUT2D eigenvalue weighted by Gasteiger charge is 2.06. The van der Waals surface area contributed by atoms with Crippen LogP contribution >= 0.6 is 0 Å². The van der Waals surface area contributed by atoms with Crippen LogP contribution in [-0.2, 0) is 6.54 Å². The van der Waals surface area contributed by atoms with E-state index in [4.69, 9.17) is 4.42 Å². The van der Waals surface area contributed by atoms with Crippen molar-refractivity contribution in [2.45, 2.75) is 13.5 Å². The first-order chi connectivity index (χ1) is 8.70. The Hall–Kier alpha value is -2.23. The van der Waals surface area contributed by atoms with Crippen LogP contribution in [0.4, 0.5) is 5.69 Å². The highest BCUT2D eigenvalue weighted by molar-refractivity contribution is 5.95. The van der Waals surface area contributed by atoms with Crippen molar-refractivity contribution in [1.82, 2.24) is 5.32 Å². The zero-order chi connectivity index (χ0) is 13.0. The van der Waals surface area contributed by atoms with Gasteiger partial charge in [0.1, 0.15) is 0 Å². The summed E-state index contributed by atoms with van der Waals surface area (Å²) in [6.07, 6.45) is 3.34. The molecule has 2 N–H and O–H groups in total. The molecule has 2 rings (SSSR count). The Kier molecular flexibility index (Phi) is 3.67. The molecule has 1 aromatic carbocycles. The van der Waals surface area contributed by atoms with E-state index in [1.54, 1.807) is 19.6 Å². The molecule has 2 aromatic rings. The first-order valence-electron chi connectivity index (χ1n) is 5.78. The normalized spacial score (nSPS) is 10.1. The number of hydrogen-bond acceptors (Lipinski definition) is 3. The Morgan fingerprint density at radius 2 is 2.17 bits per heavy atom. The molecule has 0 saturated heterocycles. The summed E-state index contributed by atoms with van der Waals surface area (Å²) < 4.78 is 5.01. The van der Waals surface area contributed by atoms with Gasteiger partial charge in [-0.05, 0) is 30.7 Å². The highest BCUT2D eigenvalue weighted by atomic mass is 16.3. The zero-order valence-corrected chi connectivity index (χ0v) is 10.5. The van der Waals surface area contributed by atoms with Gasteiger partial charge >= 0.3 is 0 Å². The van der Waals surface area contributed by atoms with Crippen molar-refractivity contribution in [2.75, 3.05) is 12.4 Å². The van der Waals surface area contributed by atoms with Gasteiger partial charge in [-0.3, -0.25) is 4.79 Å². The predicted molar refractivity (Wildman–Crippen MR) is 70.6 cm³/mol. The van der Waals surface area contributed by atoms with Gasteiger partial charge in [0.25, 0.3) is 5.91 Å². The maximum Gasteiger partial charge on any atom is 0.251 e. The summed E-state index contributed by atoms with van der Waals surface area (Å²) >= 11 is 0. The van der Waals surface area contributed by atoms with E-state index in [1.807, 2.05) is 31.2 Å². The fraction of sp³-hybridized carbons (Fsp3) is 0.214. The molecule has 4 nitrogen and oxygen atoms in total. The lowest BCUT2D eigenvalue weighted by Gasteiger charge is -2.10. The van der Waals surface area contributed by atoms with Crippen LogP contribution in [0, 0.1) is 6.92 Å². The van der Waals surface area contributed by atoms with Gasteiger partial charge in [-0.2, -0.15) is 0 Å². The van der Waals surface area contributed by atoms with Gasteiger partial charge in [0, 0.05) is 30.4 Å². The van der Waals surface area contributed by atoms with Crippen molar-refractivity contribution < 1.29 is 9.21 Å². The first kappa shape index (κ1) is 12.2. The predicted octanol–water partition coefficient (Wildman–Crippen LogP) is 2.56. The summed E-state index contributed by atoms with van der Waals surface area (Å²) in [7, 11) is 1.63. The van der Waals surface area contributed by atoms with Crippen molar-refractivity contribution in [3.63, 3.8) is 0 Å². The smallest absolute Gasteiger partial charge is 0.251 e. The van der Waals surface area contributed by atoms with Gasteiger partial charge < -0.3 is 15.1 Å². The minimum absolute atomic E-state index is 0.0821. The van der Waals surface area contributed by atoms with Crippen molar-refractivity contribution in [1.29, 1.82) is 0 Å². The quantitative estimate of drug-likeness (QED) is 0.869. The van der Waals surface area contributed by atoms with Crippen LogP contribution in [-0.4, -0.2) is 13.0 Å². The first-order valence-corrected chi connectivity index (χ1v) is 5.78. The summed E-state index contributed by atoms with van der Waals surface area (Å²) in [5, 5.41) is 5.91. The molecule has 18 heavy (non-hydrogen) atoms. The van der Waals surface area contributed by atoms with E-state index in [-0.39, 0.29) is 5.91 Å². The second-order valence-electron chi connectivity index (χ2n) is 4.09. The van der Waals surface area contributed by atoms with Crippen molar-refractivity contribution >= 4 is 11.6 Å². The molecule has 0 aliphatic carbocycles. The number of aryl methyl sites for hydroxylation is 1. The number of furan rings is 1. The largest absolute Gasteiger partial charge is 0.472 e. The van der Waals surface area contributed by atoms with Gasteiger partial charge in [-0.15, -0.1) is 0 Å². The molecular formula is C14H16N2O2. The van der Waals surface area contributed by atoms with Crippen LogP contribution in [0.3, 0.4) is 0 Å². The van der Waals surface area contributed by atoms with Crippen LogP contribution in [0.25, 0.3) is 0 Å². The molecule has 1 aromatic heterocycles. The fourth-order valence-electron chi connectivity index (χ4n) is 1.69. The fourth-order valence-corrected chi connectivity index (χ4v) is 1.69. The van der Waals surface area contributed by atoms with Crippen molar-refractivity contribution in [3.05, 3.63) is 53.5 Å². The van der Waals surface area contributed by atoms with Gasteiger partial charge in [-0.25, -0.2) is 0 Å². The Balaban J connectivity index is 2.13. The maximum atomic E-state index is 11.6. The molecular weight excluding hydrogens is 228 g/mol. The summed E-state index contributed by atoms with van der Waals surface area (Å²) in [6, 6.07) is 7.51. The number of nitrogens with one attached hydrogen (secondary N) is 2.